The third kappa shape index (κ3) is 2.18. The first kappa shape index (κ1) is 8.51. The van der Waals surface area contributed by atoms with Crippen LogP contribution in [0.15, 0.2) is 0 Å². The molecule has 1 fully saturated rings. The molecule has 1 N–H and O–H groups in total. The predicted molar refractivity (Wildman–Crippen MR) is 44.1 cm³/mol. The first-order valence-corrected chi connectivity index (χ1v) is 4.20. The van der Waals surface area contributed by atoms with Crippen LogP contribution in [-0.2, 0) is 0 Å². The molecule has 62 valence electrons. The smallest absolute Gasteiger partial charge is 0.0635 e. The first-order valence-electron chi connectivity index (χ1n) is 4.20. The van der Waals surface area contributed by atoms with Crippen LogP contribution in [0.4, 0.5) is 0 Å². The molecule has 11 heavy (non-hydrogen) atoms. The molecule has 1 aliphatic heterocycles. The minimum Gasteiger partial charge on any atom is -0.314 e. The normalized spacial score (nSPS) is 17.9. The number of hydrogen-bond acceptors (Lipinski definition) is 3. The van der Waals surface area contributed by atoms with Crippen molar-refractivity contribution >= 4 is 0 Å². The van der Waals surface area contributed by atoms with E-state index < -0.39 is 0 Å². The Morgan fingerprint density at radius 1 is 1.64 bits per heavy atom. The van der Waals surface area contributed by atoms with E-state index in [9.17, 15) is 0 Å². The van der Waals surface area contributed by atoms with Gasteiger partial charge in [-0.15, -0.1) is 0 Å². The zero-order valence-corrected chi connectivity index (χ0v) is 7.01. The van der Waals surface area contributed by atoms with E-state index in [0.29, 0.717) is 12.5 Å². The van der Waals surface area contributed by atoms with Crippen molar-refractivity contribution in [1.82, 2.24) is 10.2 Å². The van der Waals surface area contributed by atoms with Crippen LogP contribution in [0, 0.1) is 11.3 Å². The molecule has 1 saturated heterocycles. The molecule has 3 nitrogen and oxygen atoms in total. The molecule has 0 aromatic carbocycles. The van der Waals surface area contributed by atoms with Crippen LogP contribution >= 0.6 is 0 Å². The highest BCUT2D eigenvalue weighted by Gasteiger charge is 2.22. The summed E-state index contributed by atoms with van der Waals surface area (Å²) in [7, 11) is 0. The third-order valence-electron chi connectivity index (χ3n) is 2.19. The molecule has 0 saturated carbocycles. The Morgan fingerprint density at radius 3 is 2.73 bits per heavy atom. The van der Waals surface area contributed by atoms with Crippen molar-refractivity contribution in [3.63, 3.8) is 0 Å². The number of nitrogens with zero attached hydrogens (tertiary/aromatic N) is 2. The molecule has 0 aromatic heterocycles. The largest absolute Gasteiger partial charge is 0.314 e. The van der Waals surface area contributed by atoms with E-state index in [0.717, 1.165) is 26.2 Å². The van der Waals surface area contributed by atoms with Gasteiger partial charge in [-0.05, 0) is 6.54 Å². The zero-order chi connectivity index (χ0) is 8.10. The number of hydrogen-bond donors (Lipinski definition) is 1. The van der Waals surface area contributed by atoms with Crippen LogP contribution < -0.4 is 5.32 Å². The Kier molecular flexibility index (Phi) is 3.34. The van der Waals surface area contributed by atoms with Gasteiger partial charge in [0.2, 0.25) is 0 Å². The van der Waals surface area contributed by atoms with Crippen LogP contribution in [0.5, 0.6) is 0 Å². The third-order valence-corrected chi connectivity index (χ3v) is 2.19. The van der Waals surface area contributed by atoms with Crippen molar-refractivity contribution in [2.75, 3.05) is 26.2 Å². The van der Waals surface area contributed by atoms with E-state index >= 15 is 0 Å². The maximum Gasteiger partial charge on any atom is 0.0635 e. The van der Waals surface area contributed by atoms with Crippen molar-refractivity contribution in [3.05, 3.63) is 0 Å². The molecular weight excluding hydrogens is 138 g/mol. The van der Waals surface area contributed by atoms with Gasteiger partial charge in [0, 0.05) is 32.1 Å². The fraction of sp³-hybridized carbons (Fsp3) is 0.875. The Morgan fingerprint density at radius 2 is 2.36 bits per heavy atom. The van der Waals surface area contributed by atoms with Gasteiger partial charge in [0.1, 0.15) is 0 Å². The summed E-state index contributed by atoms with van der Waals surface area (Å²) in [6.45, 7) is 6.33. The summed E-state index contributed by atoms with van der Waals surface area (Å²) < 4.78 is 0. The lowest BCUT2D eigenvalue weighted by Gasteiger charge is -2.37. The molecule has 3 heteroatoms. The SMILES string of the molecule is CCN(CCC#N)C1CNC1. The highest BCUT2D eigenvalue weighted by molar-refractivity contribution is 4.85. The Balaban J connectivity index is 2.19. The maximum absolute atomic E-state index is 8.39. The number of nitrogens with one attached hydrogen (secondary N) is 1. The molecule has 0 atom stereocenters. The number of nitriles is 1. The van der Waals surface area contributed by atoms with E-state index in [1.54, 1.807) is 0 Å². The highest BCUT2D eigenvalue weighted by Crippen LogP contribution is 2.04. The number of likely N-dealkylation sites (N-methyl/N-ethyl adjacent to an activating group) is 1. The first-order chi connectivity index (χ1) is 5.38. The molecule has 0 amide bonds. The molecule has 0 spiro atoms. The average Bonchev–Trinajstić information content (AvgIpc) is 1.93. The molecular formula is C8H15N3. The average molecular weight is 153 g/mol. The molecule has 0 aromatic rings. The Labute approximate surface area is 68.0 Å². The monoisotopic (exact) mass is 153 g/mol. The maximum atomic E-state index is 8.39. The summed E-state index contributed by atoms with van der Waals surface area (Å²) in [6, 6.07) is 2.86. The van der Waals surface area contributed by atoms with E-state index in [-0.39, 0.29) is 0 Å². The summed E-state index contributed by atoms with van der Waals surface area (Å²) in [4.78, 5) is 2.36. The van der Waals surface area contributed by atoms with Crippen molar-refractivity contribution < 1.29 is 0 Å². The quantitative estimate of drug-likeness (QED) is 0.627. The lowest BCUT2D eigenvalue weighted by atomic mass is 10.1. The fourth-order valence-corrected chi connectivity index (χ4v) is 1.32. The van der Waals surface area contributed by atoms with Gasteiger partial charge < -0.3 is 5.32 Å². The lowest BCUT2D eigenvalue weighted by Crippen LogP contribution is -2.57. The van der Waals surface area contributed by atoms with Gasteiger partial charge in [0.25, 0.3) is 0 Å². The van der Waals surface area contributed by atoms with Gasteiger partial charge in [-0.25, -0.2) is 0 Å². The van der Waals surface area contributed by atoms with Crippen LogP contribution in [0.2, 0.25) is 0 Å². The van der Waals surface area contributed by atoms with Gasteiger partial charge in [0.05, 0.1) is 6.07 Å². The van der Waals surface area contributed by atoms with Crippen LogP contribution in [0.1, 0.15) is 13.3 Å². The van der Waals surface area contributed by atoms with E-state index in [2.05, 4.69) is 23.2 Å². The Hall–Kier alpha value is -0.590. The molecule has 0 aliphatic carbocycles. The molecule has 0 radical (unpaired) electrons. The van der Waals surface area contributed by atoms with Gasteiger partial charge in [-0.2, -0.15) is 5.26 Å². The second kappa shape index (κ2) is 4.32. The van der Waals surface area contributed by atoms with Gasteiger partial charge >= 0.3 is 0 Å². The van der Waals surface area contributed by atoms with Crippen LogP contribution in [0.25, 0.3) is 0 Å². The second-order valence-electron chi connectivity index (χ2n) is 2.85. The van der Waals surface area contributed by atoms with E-state index in [1.165, 1.54) is 0 Å². The minimum atomic E-state index is 0.657. The molecule has 0 unspecified atom stereocenters. The van der Waals surface area contributed by atoms with Gasteiger partial charge in [-0.3, -0.25) is 4.90 Å². The predicted octanol–water partition coefficient (Wildman–Crippen LogP) is 0.194. The van der Waals surface area contributed by atoms with Crippen molar-refractivity contribution in [2.45, 2.75) is 19.4 Å². The highest BCUT2D eigenvalue weighted by atomic mass is 15.2. The van der Waals surface area contributed by atoms with Crippen molar-refractivity contribution in [3.8, 4) is 6.07 Å². The summed E-state index contributed by atoms with van der Waals surface area (Å²) >= 11 is 0. The summed E-state index contributed by atoms with van der Waals surface area (Å²) in [5, 5.41) is 11.6. The molecule has 1 rings (SSSR count). The van der Waals surface area contributed by atoms with Crippen molar-refractivity contribution in [1.29, 1.82) is 5.26 Å². The van der Waals surface area contributed by atoms with Gasteiger partial charge in [0.15, 0.2) is 0 Å². The Bertz CT molecular complexity index is 146. The molecule has 1 aliphatic rings. The minimum absolute atomic E-state index is 0.657. The van der Waals surface area contributed by atoms with E-state index in [4.69, 9.17) is 5.26 Å². The second-order valence-corrected chi connectivity index (χ2v) is 2.85. The standard InChI is InChI=1S/C8H15N3/c1-2-11(5-3-4-9)8-6-10-7-8/h8,10H,2-3,5-7H2,1H3. The van der Waals surface area contributed by atoms with Crippen LogP contribution in [-0.4, -0.2) is 37.1 Å². The van der Waals surface area contributed by atoms with Gasteiger partial charge in [-0.1, -0.05) is 6.92 Å². The summed E-state index contributed by atoms with van der Waals surface area (Å²) in [5.74, 6) is 0. The number of rotatable bonds is 4. The van der Waals surface area contributed by atoms with E-state index in [1.807, 2.05) is 0 Å². The fourth-order valence-electron chi connectivity index (χ4n) is 1.32. The summed E-state index contributed by atoms with van der Waals surface area (Å²) in [5.41, 5.74) is 0. The van der Waals surface area contributed by atoms with Crippen LogP contribution in [0.3, 0.4) is 0 Å². The summed E-state index contributed by atoms with van der Waals surface area (Å²) in [6.07, 6.45) is 0.657. The molecule has 0 bridgehead atoms. The topological polar surface area (TPSA) is 39.1 Å². The molecule has 1 heterocycles. The lowest BCUT2D eigenvalue weighted by molar-refractivity contribution is 0.156. The van der Waals surface area contributed by atoms with Crippen molar-refractivity contribution in [2.24, 2.45) is 0 Å². The zero-order valence-electron chi connectivity index (χ0n) is 7.01.